The highest BCUT2D eigenvalue weighted by Crippen LogP contribution is 2.38. The van der Waals surface area contributed by atoms with Crippen LogP contribution in [0.25, 0.3) is 0 Å². The van der Waals surface area contributed by atoms with Crippen molar-refractivity contribution in [2.75, 3.05) is 0 Å². The minimum Gasteiger partial charge on any atom is -0.271 e. The average Bonchev–Trinajstić information content (AvgIpc) is 2.72. The molecule has 1 unspecified atom stereocenters. The number of halogens is 1. The summed E-state index contributed by atoms with van der Waals surface area (Å²) in [7, 11) is 1.86. The Balaban J connectivity index is 2.48. The van der Waals surface area contributed by atoms with Crippen molar-refractivity contribution in [3.63, 3.8) is 0 Å². The highest BCUT2D eigenvalue weighted by molar-refractivity contribution is 9.10. The highest BCUT2D eigenvalue weighted by atomic mass is 79.9. The second-order valence-corrected chi connectivity index (χ2v) is 5.83. The van der Waals surface area contributed by atoms with Crippen LogP contribution in [0.2, 0.25) is 0 Å². The zero-order chi connectivity index (χ0) is 14.0. The van der Waals surface area contributed by atoms with Gasteiger partial charge < -0.3 is 0 Å². The quantitative estimate of drug-likeness (QED) is 0.667. The summed E-state index contributed by atoms with van der Waals surface area (Å²) >= 11 is 3.43. The fraction of sp³-hybridized carbons (Fsp3) is 0.385. The van der Waals surface area contributed by atoms with Crippen molar-refractivity contribution >= 4 is 15.9 Å². The number of hydrogen-bond donors (Lipinski definition) is 2. The SMILES string of the molecule is Cn1nnc(Br)c1C(NN)C(C)(C)c1ccccc1. The van der Waals surface area contributed by atoms with Gasteiger partial charge in [0.1, 0.15) is 0 Å². The van der Waals surface area contributed by atoms with E-state index in [-0.39, 0.29) is 11.5 Å². The van der Waals surface area contributed by atoms with E-state index in [1.165, 1.54) is 5.56 Å². The molecule has 0 bridgehead atoms. The van der Waals surface area contributed by atoms with E-state index in [2.05, 4.69) is 57.6 Å². The van der Waals surface area contributed by atoms with Gasteiger partial charge in [-0.2, -0.15) is 0 Å². The second kappa shape index (κ2) is 5.40. The molecule has 6 heteroatoms. The summed E-state index contributed by atoms with van der Waals surface area (Å²) in [6.45, 7) is 4.29. The molecule has 0 radical (unpaired) electrons. The van der Waals surface area contributed by atoms with Gasteiger partial charge in [-0.1, -0.05) is 49.4 Å². The number of benzene rings is 1. The van der Waals surface area contributed by atoms with Gasteiger partial charge in [0.05, 0.1) is 11.7 Å². The molecule has 1 atom stereocenters. The number of rotatable bonds is 4. The van der Waals surface area contributed by atoms with Gasteiger partial charge in [-0.25, -0.2) is 4.68 Å². The van der Waals surface area contributed by atoms with E-state index in [1.54, 1.807) is 4.68 Å². The van der Waals surface area contributed by atoms with Crippen molar-refractivity contribution in [1.29, 1.82) is 0 Å². The molecule has 0 amide bonds. The van der Waals surface area contributed by atoms with Crippen molar-refractivity contribution in [3.05, 3.63) is 46.2 Å². The zero-order valence-electron chi connectivity index (χ0n) is 11.3. The number of hydrazine groups is 1. The number of hydrogen-bond acceptors (Lipinski definition) is 4. The van der Waals surface area contributed by atoms with E-state index in [0.717, 1.165) is 5.69 Å². The summed E-state index contributed by atoms with van der Waals surface area (Å²) in [6, 6.07) is 10.2. The molecular formula is C13H18BrN5. The van der Waals surface area contributed by atoms with Gasteiger partial charge in [0.2, 0.25) is 0 Å². The lowest BCUT2D eigenvalue weighted by molar-refractivity contribution is 0.335. The van der Waals surface area contributed by atoms with Gasteiger partial charge in [0.15, 0.2) is 4.60 Å². The van der Waals surface area contributed by atoms with E-state index in [4.69, 9.17) is 5.84 Å². The van der Waals surface area contributed by atoms with Crippen LogP contribution < -0.4 is 11.3 Å². The molecule has 0 saturated heterocycles. The lowest BCUT2D eigenvalue weighted by atomic mass is 9.77. The topological polar surface area (TPSA) is 68.8 Å². The van der Waals surface area contributed by atoms with E-state index < -0.39 is 0 Å². The first-order chi connectivity index (χ1) is 8.98. The normalized spacial score (nSPS) is 13.5. The predicted octanol–water partition coefficient (Wildman–Crippen LogP) is 2.06. The summed E-state index contributed by atoms with van der Waals surface area (Å²) < 4.78 is 2.45. The Kier molecular flexibility index (Phi) is 4.03. The first-order valence-electron chi connectivity index (χ1n) is 6.05. The van der Waals surface area contributed by atoms with Gasteiger partial charge in [0, 0.05) is 12.5 Å². The van der Waals surface area contributed by atoms with Gasteiger partial charge >= 0.3 is 0 Å². The number of nitrogens with zero attached hydrogens (tertiary/aromatic N) is 3. The Morgan fingerprint density at radius 3 is 2.42 bits per heavy atom. The van der Waals surface area contributed by atoms with Crippen LogP contribution in [0, 0.1) is 0 Å². The molecule has 0 saturated carbocycles. The molecule has 5 nitrogen and oxygen atoms in total. The molecule has 3 N–H and O–H groups in total. The number of nitrogens with two attached hydrogens (primary N) is 1. The molecule has 1 heterocycles. The fourth-order valence-electron chi connectivity index (χ4n) is 2.31. The second-order valence-electron chi connectivity index (χ2n) is 5.08. The van der Waals surface area contributed by atoms with Crippen LogP contribution in [0.1, 0.15) is 31.1 Å². The minimum atomic E-state index is -0.200. The molecule has 19 heavy (non-hydrogen) atoms. The van der Waals surface area contributed by atoms with Crippen molar-refractivity contribution in [3.8, 4) is 0 Å². The molecule has 1 aromatic heterocycles. The summed E-state index contributed by atoms with van der Waals surface area (Å²) in [5.74, 6) is 5.79. The third-order valence-corrected chi connectivity index (χ3v) is 4.07. The Hall–Kier alpha value is -1.24. The van der Waals surface area contributed by atoms with Crippen LogP contribution in [0.4, 0.5) is 0 Å². The van der Waals surface area contributed by atoms with Crippen molar-refractivity contribution in [2.24, 2.45) is 12.9 Å². The monoisotopic (exact) mass is 323 g/mol. The number of nitrogens with one attached hydrogen (secondary N) is 1. The van der Waals surface area contributed by atoms with E-state index in [0.29, 0.717) is 4.60 Å². The maximum absolute atomic E-state index is 5.79. The van der Waals surface area contributed by atoms with Gasteiger partial charge in [-0.15, -0.1) is 5.10 Å². The van der Waals surface area contributed by atoms with Crippen LogP contribution >= 0.6 is 15.9 Å². The summed E-state index contributed by atoms with van der Waals surface area (Å²) in [4.78, 5) is 0. The predicted molar refractivity (Wildman–Crippen MR) is 78.2 cm³/mol. The molecule has 1 aromatic carbocycles. The van der Waals surface area contributed by atoms with Crippen LogP contribution in [0.3, 0.4) is 0 Å². The third kappa shape index (κ3) is 2.56. The van der Waals surface area contributed by atoms with Crippen LogP contribution in [-0.2, 0) is 12.5 Å². The number of aromatic nitrogens is 3. The summed E-state index contributed by atoms with van der Waals surface area (Å²) in [6.07, 6.45) is 0. The lowest BCUT2D eigenvalue weighted by Crippen LogP contribution is -2.42. The van der Waals surface area contributed by atoms with E-state index in [9.17, 15) is 0 Å². The lowest BCUT2D eigenvalue weighted by Gasteiger charge is -2.34. The fourth-order valence-corrected chi connectivity index (χ4v) is 2.87. The Labute approximate surface area is 121 Å². The van der Waals surface area contributed by atoms with E-state index >= 15 is 0 Å². The summed E-state index contributed by atoms with van der Waals surface area (Å²) in [5.41, 5.74) is 4.82. The van der Waals surface area contributed by atoms with Crippen LogP contribution in [0.15, 0.2) is 34.9 Å². The Morgan fingerprint density at radius 2 is 1.95 bits per heavy atom. The molecule has 0 aliphatic heterocycles. The largest absolute Gasteiger partial charge is 0.271 e. The molecule has 2 rings (SSSR count). The van der Waals surface area contributed by atoms with Crippen molar-refractivity contribution in [2.45, 2.75) is 25.3 Å². The smallest absolute Gasteiger partial charge is 0.153 e. The maximum atomic E-state index is 5.79. The van der Waals surface area contributed by atoms with Gasteiger partial charge in [-0.05, 0) is 21.5 Å². The number of aryl methyl sites for hydroxylation is 1. The first-order valence-corrected chi connectivity index (χ1v) is 6.84. The van der Waals surface area contributed by atoms with Crippen molar-refractivity contribution in [1.82, 2.24) is 20.4 Å². The first kappa shape index (κ1) is 14.2. The molecule has 2 aromatic rings. The average molecular weight is 324 g/mol. The minimum absolute atomic E-state index is 0.107. The van der Waals surface area contributed by atoms with Crippen LogP contribution in [-0.4, -0.2) is 15.0 Å². The molecule has 0 spiro atoms. The Morgan fingerprint density at radius 1 is 1.32 bits per heavy atom. The molecule has 0 fully saturated rings. The van der Waals surface area contributed by atoms with Gasteiger partial charge in [-0.3, -0.25) is 11.3 Å². The molecule has 0 aliphatic carbocycles. The molecule has 0 aliphatic rings. The van der Waals surface area contributed by atoms with E-state index in [1.807, 2.05) is 25.2 Å². The molecule has 102 valence electrons. The highest BCUT2D eigenvalue weighted by Gasteiger charge is 2.35. The zero-order valence-corrected chi connectivity index (χ0v) is 12.8. The van der Waals surface area contributed by atoms with Crippen molar-refractivity contribution < 1.29 is 0 Å². The third-order valence-electron chi connectivity index (χ3n) is 3.51. The standard InChI is InChI=1S/C13H18BrN5/c1-13(2,9-7-5-4-6-8-9)11(16-15)10-12(14)17-18-19(10)3/h4-8,11,16H,15H2,1-3H3. The maximum Gasteiger partial charge on any atom is 0.153 e. The Bertz CT molecular complexity index is 530. The summed E-state index contributed by atoms with van der Waals surface area (Å²) in [5, 5.41) is 8.04. The molecular weight excluding hydrogens is 306 g/mol. The van der Waals surface area contributed by atoms with Gasteiger partial charge in [0.25, 0.3) is 0 Å². The van der Waals surface area contributed by atoms with Crippen LogP contribution in [0.5, 0.6) is 0 Å².